The fraction of sp³-hybridized carbons (Fsp3) is 0.603. The van der Waals surface area contributed by atoms with Gasteiger partial charge in [0.05, 0.1) is 24.2 Å². The minimum absolute atomic E-state index is 0.0194. The number of aromatic hydroxyl groups is 1. The molecule has 25 nitrogen and oxygen atoms in total. The normalized spacial score (nSPS) is 18.2. The summed E-state index contributed by atoms with van der Waals surface area (Å²) in [6.45, 7) is 6.04. The number of aliphatic hydroxyl groups is 2. The van der Waals surface area contributed by atoms with Crippen molar-refractivity contribution in [3.8, 4) is 5.75 Å². The minimum Gasteiger partial charge on any atom is -0.508 e. The van der Waals surface area contributed by atoms with Gasteiger partial charge < -0.3 is 74.3 Å². The quantitative estimate of drug-likeness (QED) is 0.0226. The summed E-state index contributed by atoms with van der Waals surface area (Å²) in [6, 6.07) is 6.30. The van der Waals surface area contributed by atoms with E-state index in [4.69, 9.17) is 17.2 Å². The van der Waals surface area contributed by atoms with E-state index in [0.717, 1.165) is 53.5 Å². The third-order valence-electron chi connectivity index (χ3n) is 16.7. The largest absolute Gasteiger partial charge is 0.508 e. The number of hydrogen-bond donors (Lipinski definition) is 13. The summed E-state index contributed by atoms with van der Waals surface area (Å²) in [5.74, 6) is -7.67. The number of aliphatic hydroxyl groups excluding tert-OH is 2. The molecule has 0 bridgehead atoms. The van der Waals surface area contributed by atoms with Crippen LogP contribution in [0.2, 0.25) is 0 Å². The number of unbranched alkanes of at least 4 members (excludes halogenated alkanes) is 1. The van der Waals surface area contributed by atoms with Crippen molar-refractivity contribution in [3.05, 3.63) is 65.9 Å². The van der Waals surface area contributed by atoms with E-state index in [1.54, 1.807) is 25.4 Å². The molecule has 0 unspecified atom stereocenters. The molecular weight excluding hydrogens is 1130 g/mol. The number of hydrogen-bond acceptors (Lipinski definition) is 14. The zero-order valence-electron chi connectivity index (χ0n) is 51.5. The number of primary amides is 2. The van der Waals surface area contributed by atoms with E-state index in [9.17, 15) is 63.3 Å². The van der Waals surface area contributed by atoms with Gasteiger partial charge in [-0.3, -0.25) is 48.1 Å². The van der Waals surface area contributed by atoms with Crippen molar-refractivity contribution in [2.24, 2.45) is 51.8 Å². The number of para-hydroxylation sites is 1. The number of ketones is 3. The number of carbonyl (C=O) groups is 10. The third-order valence-corrected chi connectivity index (χ3v) is 16.7. The lowest BCUT2D eigenvalue weighted by Gasteiger charge is -2.30. The first kappa shape index (κ1) is 70.8. The number of nitrogens with two attached hydrogens (primary N) is 3. The van der Waals surface area contributed by atoms with E-state index in [2.05, 4.69) is 41.9 Å². The minimum atomic E-state index is -1.56. The number of β-amino-alcohol motifs (C(OH)–C–C–N with tert-alkyl or cyclic N) is 1. The summed E-state index contributed by atoms with van der Waals surface area (Å²) >= 11 is 0. The Kier molecular flexibility index (Phi) is 28.3. The number of benzene rings is 2. The SMILES string of the molecule is CN=C(N)NCCC[C@H](CC(=O)[C@@H](CCCCC(=O)[C@H](CC1CCCCC1)NC(=O)[C@@H](CC(=O)[C@H](CNC(N)=O)NC(=O)[C@@H]1C[C@@H](O)CN1C(=O)[C@@H](Cc1ccc(O)cc1)NC(C)=O)[C@@H](C)O)CC(C)C)C(=O)N[C@@H](Cc1c[nH]c2ccccc12)C(N)=O. The van der Waals surface area contributed by atoms with Gasteiger partial charge in [-0.05, 0) is 86.6 Å². The van der Waals surface area contributed by atoms with Gasteiger partial charge in [0, 0.05) is 101 Å². The molecule has 0 radical (unpaired) electrons. The molecule has 3 aromatic rings. The molecule has 1 saturated carbocycles. The number of aromatic amines is 1. The molecule has 8 amide bonds. The predicted molar refractivity (Wildman–Crippen MR) is 330 cm³/mol. The average Bonchev–Trinajstić information content (AvgIpc) is 2.28. The van der Waals surface area contributed by atoms with Gasteiger partial charge in [0.15, 0.2) is 17.5 Å². The molecule has 5 rings (SSSR count). The number of nitrogens with one attached hydrogen (secondary N) is 7. The van der Waals surface area contributed by atoms with Gasteiger partial charge in [0.1, 0.15) is 35.7 Å². The van der Waals surface area contributed by atoms with Gasteiger partial charge in [-0.1, -0.05) is 82.7 Å². The second-order valence-corrected chi connectivity index (χ2v) is 24.3. The Balaban J connectivity index is 1.26. The first-order valence-corrected chi connectivity index (χ1v) is 30.9. The summed E-state index contributed by atoms with van der Waals surface area (Å²) < 4.78 is 0. The van der Waals surface area contributed by atoms with Gasteiger partial charge in [-0.25, -0.2) is 4.79 Å². The number of H-pyrrole nitrogens is 1. The summed E-state index contributed by atoms with van der Waals surface area (Å²) in [5.41, 5.74) is 19.3. The van der Waals surface area contributed by atoms with Crippen molar-refractivity contribution in [1.29, 1.82) is 0 Å². The molecule has 1 saturated heterocycles. The highest BCUT2D eigenvalue weighted by Gasteiger charge is 2.43. The van der Waals surface area contributed by atoms with Crippen LogP contribution in [0.1, 0.15) is 142 Å². The Morgan fingerprint density at radius 1 is 0.739 bits per heavy atom. The molecule has 2 fully saturated rings. The standard InChI is InChI=1S/C63H94N12O13/c1-36(2)26-41(55(81)30-42(17-13-25-68-62(65)67-5)58(84)73-50(57(64)83)29-43-33-69-48-19-11-10-18-46(43)48)16-9-12-20-54(80)49(27-39-14-7-6-8-15-39)72-59(85)47(37(3)76)32-56(82)52(34-70-63(66)88)74-60(86)53-31-45(79)35-75(53)61(87)51(71-38(4)77)28-40-21-23-44(78)24-22-40/h10-11,18-19,21-24,33,36-37,39,41-42,45,47,49-53,69,76,78-79H,6-9,12-17,20,25-32,34-35H2,1-5H3,(H2,64,83)(H,71,77)(H,72,85)(H,73,84)(H,74,86)(H3,65,67,68)(H3,66,70,88)/t37-,41+,42-,45-,47+,49+,50+,51-,52+,53+/m1/s1. The molecule has 25 heteroatoms. The highest BCUT2D eigenvalue weighted by Crippen LogP contribution is 2.30. The fourth-order valence-corrected chi connectivity index (χ4v) is 11.9. The predicted octanol–water partition coefficient (Wildman–Crippen LogP) is 2.34. The number of phenols is 1. The molecule has 2 aromatic carbocycles. The van der Waals surface area contributed by atoms with Gasteiger partial charge in [-0.2, -0.15) is 0 Å². The molecule has 484 valence electrons. The third kappa shape index (κ3) is 22.7. The van der Waals surface area contributed by atoms with Crippen LogP contribution >= 0.6 is 0 Å². The Morgan fingerprint density at radius 2 is 1.42 bits per heavy atom. The highest BCUT2D eigenvalue weighted by molar-refractivity contribution is 5.98. The Hall–Kier alpha value is -7.93. The maximum atomic E-state index is 14.4. The van der Waals surface area contributed by atoms with Crippen LogP contribution < -0.4 is 49.1 Å². The fourth-order valence-electron chi connectivity index (χ4n) is 11.9. The molecular formula is C63H94N12O13. The Labute approximate surface area is 514 Å². The van der Waals surface area contributed by atoms with Crippen molar-refractivity contribution >= 4 is 75.7 Å². The summed E-state index contributed by atoms with van der Waals surface area (Å²) in [6.07, 6.45) is 5.67. The van der Waals surface area contributed by atoms with Gasteiger partial charge >= 0.3 is 6.03 Å². The molecule has 2 aliphatic rings. The smallest absolute Gasteiger partial charge is 0.312 e. The van der Waals surface area contributed by atoms with Crippen LogP contribution in [0, 0.1) is 29.6 Å². The maximum Gasteiger partial charge on any atom is 0.312 e. The van der Waals surface area contributed by atoms with Crippen LogP contribution in [0.3, 0.4) is 0 Å². The molecule has 0 spiro atoms. The number of aromatic nitrogens is 1. The van der Waals surface area contributed by atoms with Crippen LogP contribution in [0.25, 0.3) is 10.9 Å². The van der Waals surface area contributed by atoms with Crippen molar-refractivity contribution in [1.82, 2.24) is 41.8 Å². The number of aliphatic imine (C=N–C) groups is 1. The number of urea groups is 1. The van der Waals surface area contributed by atoms with Crippen LogP contribution in [0.15, 0.2) is 59.7 Å². The van der Waals surface area contributed by atoms with Crippen LogP contribution in [0.4, 0.5) is 4.79 Å². The first-order valence-electron chi connectivity index (χ1n) is 30.9. The number of fused-ring (bicyclic) bond motifs is 1. The zero-order chi connectivity index (χ0) is 64.6. The summed E-state index contributed by atoms with van der Waals surface area (Å²) in [7, 11) is 1.54. The van der Waals surface area contributed by atoms with Crippen molar-refractivity contribution in [2.45, 2.75) is 186 Å². The van der Waals surface area contributed by atoms with E-state index in [1.165, 1.54) is 26.0 Å². The molecule has 1 aromatic heterocycles. The number of Topliss-reactive ketones (excluding diaryl/α,β-unsaturated/α-hetero) is 3. The zero-order valence-corrected chi connectivity index (χ0v) is 51.5. The van der Waals surface area contributed by atoms with E-state index < -0.39 is 120 Å². The number of guanidine groups is 1. The lowest BCUT2D eigenvalue weighted by atomic mass is 9.82. The average molecular weight is 1230 g/mol. The lowest BCUT2D eigenvalue weighted by Crippen LogP contribution is -2.57. The molecule has 2 heterocycles. The number of rotatable bonds is 36. The van der Waals surface area contributed by atoms with Gasteiger partial charge in [-0.15, -0.1) is 0 Å². The highest BCUT2D eigenvalue weighted by atomic mass is 16.3. The second kappa shape index (κ2) is 35.2. The van der Waals surface area contributed by atoms with E-state index in [-0.39, 0.29) is 80.2 Å². The lowest BCUT2D eigenvalue weighted by molar-refractivity contribution is -0.142. The number of likely N-dealkylation sites (tertiary alicyclic amines) is 1. The molecule has 16 N–H and O–H groups in total. The number of amides is 8. The molecule has 1 aliphatic carbocycles. The van der Waals surface area contributed by atoms with Gasteiger partial charge in [0.2, 0.25) is 35.4 Å². The number of nitrogens with zero attached hydrogens (tertiary/aromatic N) is 2. The second-order valence-electron chi connectivity index (χ2n) is 24.3. The van der Waals surface area contributed by atoms with E-state index in [0.29, 0.717) is 50.6 Å². The molecule has 1 aliphatic heterocycles. The topological polar surface area (TPSA) is 413 Å². The number of carbonyl (C=O) groups excluding carboxylic acids is 10. The summed E-state index contributed by atoms with van der Waals surface area (Å²) in [4.78, 5) is 145. The number of phenolic OH excluding ortho intramolecular Hbond substituents is 1. The molecule has 10 atom stereocenters. The van der Waals surface area contributed by atoms with Gasteiger partial charge in [0.25, 0.3) is 0 Å². The first-order chi connectivity index (χ1) is 41.8. The van der Waals surface area contributed by atoms with Crippen molar-refractivity contribution < 1.29 is 63.3 Å². The van der Waals surface area contributed by atoms with Crippen LogP contribution in [-0.2, 0) is 56.0 Å². The molecule has 88 heavy (non-hydrogen) atoms. The Morgan fingerprint density at radius 3 is 2.07 bits per heavy atom. The Bertz CT molecular complexity index is 2890. The summed E-state index contributed by atoms with van der Waals surface area (Å²) in [5, 5.41) is 48.6. The van der Waals surface area contributed by atoms with Crippen LogP contribution in [-0.4, -0.2) is 159 Å². The van der Waals surface area contributed by atoms with E-state index in [1.807, 2.05) is 38.1 Å². The monoisotopic (exact) mass is 1230 g/mol. The van der Waals surface area contributed by atoms with Crippen molar-refractivity contribution in [3.63, 3.8) is 0 Å². The van der Waals surface area contributed by atoms with Crippen molar-refractivity contribution in [2.75, 3.05) is 26.7 Å². The maximum absolute atomic E-state index is 14.4. The van der Waals surface area contributed by atoms with E-state index >= 15 is 0 Å². The van der Waals surface area contributed by atoms with Crippen LogP contribution in [0.5, 0.6) is 5.75 Å².